The van der Waals surface area contributed by atoms with Gasteiger partial charge in [0.05, 0.1) is 6.54 Å². The van der Waals surface area contributed by atoms with Crippen LogP contribution in [0.25, 0.3) is 11.0 Å². The minimum atomic E-state index is -1.31. The molecule has 148 valence electrons. The van der Waals surface area contributed by atoms with Crippen molar-refractivity contribution in [3.05, 3.63) is 81.0 Å². The fraction of sp³-hybridized carbons (Fsp3) is 0.227. The van der Waals surface area contributed by atoms with Gasteiger partial charge in [0, 0.05) is 11.5 Å². The van der Waals surface area contributed by atoms with Crippen molar-refractivity contribution in [2.45, 2.75) is 32.9 Å². The quantitative estimate of drug-likeness (QED) is 0.545. The number of imide groups is 1. The lowest BCUT2D eigenvalue weighted by molar-refractivity contribution is -0.131. The Morgan fingerprint density at radius 1 is 1.07 bits per heavy atom. The Morgan fingerprint density at radius 2 is 1.76 bits per heavy atom. The van der Waals surface area contributed by atoms with Gasteiger partial charge < -0.3 is 9.73 Å². The Bertz CT molecular complexity index is 1220. The Morgan fingerprint density at radius 3 is 2.45 bits per heavy atom. The van der Waals surface area contributed by atoms with E-state index in [1.165, 1.54) is 30.3 Å². The Hall–Kier alpha value is -3.48. The van der Waals surface area contributed by atoms with Gasteiger partial charge in [-0.05, 0) is 55.2 Å². The second kappa shape index (κ2) is 6.55. The molecule has 0 radical (unpaired) electrons. The van der Waals surface area contributed by atoms with Crippen molar-refractivity contribution in [3.8, 4) is 0 Å². The van der Waals surface area contributed by atoms with Gasteiger partial charge in [0.2, 0.25) is 0 Å². The molecule has 0 aliphatic carbocycles. The van der Waals surface area contributed by atoms with Gasteiger partial charge in [0.1, 0.15) is 16.9 Å². The van der Waals surface area contributed by atoms with Crippen LogP contribution in [0, 0.1) is 19.7 Å². The summed E-state index contributed by atoms with van der Waals surface area (Å²) < 4.78 is 18.6. The standard InChI is InChI=1S/C22H19FN2O4/c1-12-4-9-17-14(10-18(26)29-19(17)13(12)2)11-25-20(27)22(3,24-21(25)28)15-5-7-16(23)8-6-15/h4-10H,11H2,1-3H3,(H,24,28). The summed E-state index contributed by atoms with van der Waals surface area (Å²) >= 11 is 0. The van der Waals surface area contributed by atoms with Gasteiger partial charge in [-0.3, -0.25) is 9.69 Å². The predicted octanol–water partition coefficient (Wildman–Crippen LogP) is 3.52. The van der Waals surface area contributed by atoms with Gasteiger partial charge in [-0.1, -0.05) is 24.3 Å². The smallest absolute Gasteiger partial charge is 0.336 e. The van der Waals surface area contributed by atoms with E-state index >= 15 is 0 Å². The highest BCUT2D eigenvalue weighted by Crippen LogP contribution is 2.31. The lowest BCUT2D eigenvalue weighted by atomic mass is 9.92. The van der Waals surface area contributed by atoms with Crippen molar-refractivity contribution in [3.63, 3.8) is 0 Å². The second-order valence-corrected chi connectivity index (χ2v) is 7.43. The summed E-state index contributed by atoms with van der Waals surface area (Å²) in [5, 5.41) is 3.35. The largest absolute Gasteiger partial charge is 0.422 e. The molecule has 3 amide bonds. The van der Waals surface area contributed by atoms with Crippen molar-refractivity contribution in [2.75, 3.05) is 0 Å². The van der Waals surface area contributed by atoms with Crippen LogP contribution in [-0.4, -0.2) is 16.8 Å². The molecule has 1 aliphatic heterocycles. The SMILES string of the molecule is Cc1ccc2c(CN3C(=O)NC(C)(c4ccc(F)cc4)C3=O)cc(=O)oc2c1C. The van der Waals surface area contributed by atoms with E-state index in [1.54, 1.807) is 6.92 Å². The normalized spacial score (nSPS) is 19.1. The molecular weight excluding hydrogens is 375 g/mol. The zero-order chi connectivity index (χ0) is 20.9. The van der Waals surface area contributed by atoms with Crippen LogP contribution < -0.4 is 10.9 Å². The Balaban J connectivity index is 1.75. The van der Waals surface area contributed by atoms with Crippen LogP contribution in [0.15, 0.2) is 51.7 Å². The number of halogens is 1. The number of aryl methyl sites for hydroxylation is 2. The first-order chi connectivity index (χ1) is 13.7. The van der Waals surface area contributed by atoms with Crippen LogP contribution in [0.5, 0.6) is 0 Å². The van der Waals surface area contributed by atoms with Crippen LogP contribution in [-0.2, 0) is 16.9 Å². The third-order valence-electron chi connectivity index (χ3n) is 5.54. The predicted molar refractivity (Wildman–Crippen MR) is 105 cm³/mol. The lowest BCUT2D eigenvalue weighted by Gasteiger charge is -2.22. The number of carbonyl (C=O) groups excluding carboxylic acids is 2. The molecule has 1 atom stereocenters. The number of benzene rings is 2. The molecular formula is C22H19FN2O4. The topological polar surface area (TPSA) is 79.6 Å². The van der Waals surface area contributed by atoms with Crippen molar-refractivity contribution < 1.29 is 18.4 Å². The Kier molecular flexibility index (Phi) is 4.26. The van der Waals surface area contributed by atoms with E-state index in [0.717, 1.165) is 16.0 Å². The minimum Gasteiger partial charge on any atom is -0.422 e. The zero-order valence-electron chi connectivity index (χ0n) is 16.2. The first-order valence-electron chi connectivity index (χ1n) is 9.14. The first kappa shape index (κ1) is 18.9. The summed E-state index contributed by atoms with van der Waals surface area (Å²) in [6.45, 7) is 5.26. The minimum absolute atomic E-state index is 0.0773. The lowest BCUT2D eigenvalue weighted by Crippen LogP contribution is -2.40. The van der Waals surface area contributed by atoms with Crippen molar-refractivity contribution >= 4 is 22.9 Å². The van der Waals surface area contributed by atoms with Gasteiger partial charge >= 0.3 is 11.7 Å². The molecule has 0 spiro atoms. The van der Waals surface area contributed by atoms with Crippen molar-refractivity contribution in [2.24, 2.45) is 0 Å². The maximum Gasteiger partial charge on any atom is 0.336 e. The van der Waals surface area contributed by atoms with Crippen LogP contribution in [0.1, 0.15) is 29.2 Å². The highest BCUT2D eigenvalue weighted by molar-refractivity contribution is 6.07. The number of nitrogens with zero attached hydrogens (tertiary/aromatic N) is 1. The molecule has 1 N–H and O–H groups in total. The average Bonchev–Trinajstić information content (AvgIpc) is 2.89. The maximum absolute atomic E-state index is 13.3. The van der Waals surface area contributed by atoms with E-state index in [2.05, 4.69) is 5.32 Å². The second-order valence-electron chi connectivity index (χ2n) is 7.43. The fourth-order valence-electron chi connectivity index (χ4n) is 3.65. The number of hydrogen-bond acceptors (Lipinski definition) is 4. The fourth-order valence-corrected chi connectivity index (χ4v) is 3.65. The molecule has 3 aromatic rings. The van der Waals surface area contributed by atoms with Crippen molar-refractivity contribution in [1.82, 2.24) is 10.2 Å². The molecule has 7 heteroatoms. The third-order valence-corrected chi connectivity index (χ3v) is 5.54. The molecule has 0 bridgehead atoms. The van der Waals surface area contributed by atoms with Crippen LogP contribution >= 0.6 is 0 Å². The average molecular weight is 394 g/mol. The molecule has 2 aromatic carbocycles. The molecule has 4 rings (SSSR count). The molecule has 1 aliphatic rings. The van der Waals surface area contributed by atoms with Crippen LogP contribution in [0.3, 0.4) is 0 Å². The van der Waals surface area contributed by atoms with Crippen molar-refractivity contribution in [1.29, 1.82) is 0 Å². The van der Waals surface area contributed by atoms with E-state index in [-0.39, 0.29) is 6.54 Å². The number of urea groups is 1. The first-order valence-corrected chi connectivity index (χ1v) is 9.14. The number of nitrogens with one attached hydrogen (secondary N) is 1. The number of amides is 3. The summed E-state index contributed by atoms with van der Waals surface area (Å²) in [6, 6.07) is 9.85. The van der Waals surface area contributed by atoms with E-state index < -0.39 is 28.9 Å². The number of fused-ring (bicyclic) bond motifs is 1. The highest BCUT2D eigenvalue weighted by Gasteiger charge is 2.49. The molecule has 2 heterocycles. The zero-order valence-corrected chi connectivity index (χ0v) is 16.2. The van der Waals surface area contributed by atoms with E-state index in [4.69, 9.17) is 4.42 Å². The van der Waals surface area contributed by atoms with Crippen LogP contribution in [0.2, 0.25) is 0 Å². The van der Waals surface area contributed by atoms with E-state index in [9.17, 15) is 18.8 Å². The molecule has 1 aromatic heterocycles. The summed E-state index contributed by atoms with van der Waals surface area (Å²) in [5.41, 5.74) is 1.38. The molecule has 1 fully saturated rings. The van der Waals surface area contributed by atoms with Gasteiger partial charge in [-0.25, -0.2) is 14.0 Å². The van der Waals surface area contributed by atoms with Gasteiger partial charge in [0.25, 0.3) is 5.91 Å². The third kappa shape index (κ3) is 2.99. The molecule has 6 nitrogen and oxygen atoms in total. The summed E-state index contributed by atoms with van der Waals surface area (Å²) in [6.07, 6.45) is 0. The maximum atomic E-state index is 13.3. The van der Waals surface area contributed by atoms with Crippen LogP contribution in [0.4, 0.5) is 9.18 Å². The van der Waals surface area contributed by atoms with E-state index in [1.807, 2.05) is 26.0 Å². The van der Waals surface area contributed by atoms with E-state index in [0.29, 0.717) is 22.1 Å². The monoisotopic (exact) mass is 394 g/mol. The number of rotatable bonds is 3. The highest BCUT2D eigenvalue weighted by atomic mass is 19.1. The summed E-state index contributed by atoms with van der Waals surface area (Å²) in [5.74, 6) is -0.904. The molecule has 0 saturated carbocycles. The summed E-state index contributed by atoms with van der Waals surface area (Å²) in [4.78, 5) is 38.9. The van der Waals surface area contributed by atoms with Gasteiger partial charge in [-0.2, -0.15) is 0 Å². The molecule has 1 unspecified atom stereocenters. The number of carbonyl (C=O) groups is 2. The van der Waals surface area contributed by atoms with Gasteiger partial charge in [0.15, 0.2) is 0 Å². The summed E-state index contributed by atoms with van der Waals surface area (Å²) in [7, 11) is 0. The Labute approximate surface area is 165 Å². The van der Waals surface area contributed by atoms with Gasteiger partial charge in [-0.15, -0.1) is 0 Å². The molecule has 1 saturated heterocycles. The number of hydrogen-bond donors (Lipinski definition) is 1. The molecule has 29 heavy (non-hydrogen) atoms.